The molecule has 0 unspecified atom stereocenters. The molecule has 4 heteroatoms. The summed E-state index contributed by atoms with van der Waals surface area (Å²) in [7, 11) is 3.17. The van der Waals surface area contributed by atoms with E-state index in [1.807, 2.05) is 0 Å². The van der Waals surface area contributed by atoms with Crippen LogP contribution in [0.5, 0.6) is 5.88 Å². The van der Waals surface area contributed by atoms with Gasteiger partial charge >= 0.3 is 0 Å². The van der Waals surface area contributed by atoms with Crippen LogP contribution in [-0.4, -0.2) is 24.2 Å². The molecule has 0 fully saturated rings. The summed E-state index contributed by atoms with van der Waals surface area (Å²) in [4.78, 5) is 7.98. The van der Waals surface area contributed by atoms with Crippen LogP contribution in [0.3, 0.4) is 0 Å². The predicted octanol–water partition coefficient (Wildman–Crippen LogP) is 0.632. The lowest BCUT2D eigenvalue weighted by Crippen LogP contribution is -1.97. The third-order valence-electron chi connectivity index (χ3n) is 1.16. The molecule has 1 aromatic heterocycles. The van der Waals surface area contributed by atoms with Crippen molar-refractivity contribution in [3.05, 3.63) is 18.1 Å². The van der Waals surface area contributed by atoms with E-state index in [4.69, 9.17) is 9.47 Å². The van der Waals surface area contributed by atoms with Crippen LogP contribution in [0.4, 0.5) is 0 Å². The lowest BCUT2D eigenvalue weighted by molar-refractivity contribution is 0.176. The first-order valence-corrected chi connectivity index (χ1v) is 3.21. The molecule has 0 aliphatic heterocycles. The molecule has 0 saturated heterocycles. The first-order chi connectivity index (χ1) is 5.36. The first-order valence-electron chi connectivity index (χ1n) is 3.21. The molecule has 0 radical (unpaired) electrons. The van der Waals surface area contributed by atoms with Crippen molar-refractivity contribution in [1.82, 2.24) is 9.97 Å². The Bertz CT molecular complexity index is 227. The smallest absolute Gasteiger partial charge is 0.216 e. The van der Waals surface area contributed by atoms with Gasteiger partial charge in [0.15, 0.2) is 5.82 Å². The Morgan fingerprint density at radius 3 is 2.91 bits per heavy atom. The van der Waals surface area contributed by atoms with Gasteiger partial charge in [-0.05, 0) is 0 Å². The lowest BCUT2D eigenvalue weighted by Gasteiger charge is -1.99. The quantitative estimate of drug-likeness (QED) is 0.640. The molecule has 0 aliphatic rings. The zero-order valence-electron chi connectivity index (χ0n) is 6.57. The van der Waals surface area contributed by atoms with Crippen molar-refractivity contribution in [2.24, 2.45) is 0 Å². The van der Waals surface area contributed by atoms with E-state index in [-0.39, 0.29) is 0 Å². The van der Waals surface area contributed by atoms with Gasteiger partial charge in [-0.2, -0.15) is 4.98 Å². The maximum Gasteiger partial charge on any atom is 0.216 e. The summed E-state index contributed by atoms with van der Waals surface area (Å²) in [5, 5.41) is 0. The fraction of sp³-hybridized carbons (Fsp3) is 0.429. The molecule has 4 nitrogen and oxygen atoms in total. The molecule has 1 heterocycles. The highest BCUT2D eigenvalue weighted by Gasteiger charge is 1.96. The number of rotatable bonds is 3. The molecule has 0 N–H and O–H groups in total. The summed E-state index contributed by atoms with van der Waals surface area (Å²) in [6, 6.07) is 1.69. The molecule has 0 spiro atoms. The van der Waals surface area contributed by atoms with Gasteiger partial charge in [-0.1, -0.05) is 0 Å². The van der Waals surface area contributed by atoms with Gasteiger partial charge in [-0.3, -0.25) is 0 Å². The fourth-order valence-electron chi connectivity index (χ4n) is 0.693. The Morgan fingerprint density at radius 1 is 1.45 bits per heavy atom. The molecule has 0 atom stereocenters. The van der Waals surface area contributed by atoms with Gasteiger partial charge in [0.1, 0.15) is 6.61 Å². The van der Waals surface area contributed by atoms with Crippen molar-refractivity contribution in [1.29, 1.82) is 0 Å². The summed E-state index contributed by atoms with van der Waals surface area (Å²) >= 11 is 0. The first kappa shape index (κ1) is 7.94. The van der Waals surface area contributed by atoms with E-state index in [1.54, 1.807) is 26.5 Å². The predicted molar refractivity (Wildman–Crippen MR) is 39.3 cm³/mol. The molecule has 0 amide bonds. The minimum absolute atomic E-state index is 0.414. The summed E-state index contributed by atoms with van der Waals surface area (Å²) in [6.07, 6.45) is 1.64. The van der Waals surface area contributed by atoms with Crippen LogP contribution in [-0.2, 0) is 11.3 Å². The standard InChI is InChI=1S/C7H10N2O2/c1-10-5-6-8-4-3-7(9-6)11-2/h3-4H,5H2,1-2H3. The topological polar surface area (TPSA) is 44.2 Å². The van der Waals surface area contributed by atoms with Crippen LogP contribution in [0.25, 0.3) is 0 Å². The summed E-state index contributed by atoms with van der Waals surface area (Å²) in [5.41, 5.74) is 0. The van der Waals surface area contributed by atoms with Crippen LogP contribution in [0.2, 0.25) is 0 Å². The molecule has 0 bridgehead atoms. The highest BCUT2D eigenvalue weighted by molar-refractivity contribution is 5.07. The summed E-state index contributed by atoms with van der Waals surface area (Å²) in [5.74, 6) is 1.19. The van der Waals surface area contributed by atoms with Crippen molar-refractivity contribution < 1.29 is 9.47 Å². The van der Waals surface area contributed by atoms with E-state index in [1.165, 1.54) is 0 Å². The van der Waals surface area contributed by atoms with E-state index in [2.05, 4.69) is 9.97 Å². The van der Waals surface area contributed by atoms with Gasteiger partial charge in [-0.25, -0.2) is 4.98 Å². The Hall–Kier alpha value is -1.16. The van der Waals surface area contributed by atoms with Crippen LogP contribution in [0, 0.1) is 0 Å². The third kappa shape index (κ3) is 2.16. The molecule has 0 saturated carbocycles. The second-order valence-corrected chi connectivity index (χ2v) is 1.95. The second kappa shape index (κ2) is 3.88. The van der Waals surface area contributed by atoms with Gasteiger partial charge in [-0.15, -0.1) is 0 Å². The zero-order chi connectivity index (χ0) is 8.10. The Kier molecular flexibility index (Phi) is 2.80. The number of methoxy groups -OCH3 is 2. The third-order valence-corrected chi connectivity index (χ3v) is 1.16. The van der Waals surface area contributed by atoms with E-state index in [0.717, 1.165) is 0 Å². The van der Waals surface area contributed by atoms with Crippen molar-refractivity contribution in [2.75, 3.05) is 14.2 Å². The minimum Gasteiger partial charge on any atom is -0.481 e. The molecule has 11 heavy (non-hydrogen) atoms. The van der Waals surface area contributed by atoms with Crippen LogP contribution < -0.4 is 4.74 Å². The van der Waals surface area contributed by atoms with Crippen LogP contribution in [0.15, 0.2) is 12.3 Å². The van der Waals surface area contributed by atoms with Gasteiger partial charge in [0.25, 0.3) is 0 Å². The summed E-state index contributed by atoms with van der Waals surface area (Å²) < 4.78 is 9.74. The van der Waals surface area contributed by atoms with Gasteiger partial charge in [0.05, 0.1) is 7.11 Å². The number of ether oxygens (including phenoxy) is 2. The monoisotopic (exact) mass is 154 g/mol. The molecule has 1 aromatic rings. The average molecular weight is 154 g/mol. The SMILES string of the molecule is COCc1nccc(OC)n1. The highest BCUT2D eigenvalue weighted by atomic mass is 16.5. The molecule has 1 rings (SSSR count). The minimum atomic E-state index is 0.414. The number of hydrogen-bond donors (Lipinski definition) is 0. The van der Waals surface area contributed by atoms with Gasteiger partial charge in [0, 0.05) is 19.4 Å². The van der Waals surface area contributed by atoms with E-state index in [0.29, 0.717) is 18.3 Å². The number of hydrogen-bond acceptors (Lipinski definition) is 4. The zero-order valence-corrected chi connectivity index (χ0v) is 6.57. The summed E-state index contributed by atoms with van der Waals surface area (Å²) in [6.45, 7) is 0.414. The van der Waals surface area contributed by atoms with Crippen molar-refractivity contribution in [3.63, 3.8) is 0 Å². The number of nitrogens with zero attached hydrogens (tertiary/aromatic N) is 2. The molecule has 60 valence electrons. The Balaban J connectivity index is 2.74. The van der Waals surface area contributed by atoms with Gasteiger partial charge < -0.3 is 9.47 Å². The molecule has 0 aliphatic carbocycles. The Morgan fingerprint density at radius 2 is 2.27 bits per heavy atom. The van der Waals surface area contributed by atoms with Crippen LogP contribution >= 0.6 is 0 Å². The normalized spacial score (nSPS) is 9.64. The fourth-order valence-corrected chi connectivity index (χ4v) is 0.693. The average Bonchev–Trinajstić information content (AvgIpc) is 2.06. The highest BCUT2D eigenvalue weighted by Crippen LogP contribution is 2.03. The molecular formula is C7H10N2O2. The van der Waals surface area contributed by atoms with Crippen molar-refractivity contribution in [3.8, 4) is 5.88 Å². The van der Waals surface area contributed by atoms with Crippen LogP contribution in [0.1, 0.15) is 5.82 Å². The largest absolute Gasteiger partial charge is 0.481 e. The Labute approximate surface area is 65.2 Å². The van der Waals surface area contributed by atoms with Crippen molar-refractivity contribution >= 4 is 0 Å². The van der Waals surface area contributed by atoms with Crippen molar-refractivity contribution in [2.45, 2.75) is 6.61 Å². The van der Waals surface area contributed by atoms with E-state index in [9.17, 15) is 0 Å². The van der Waals surface area contributed by atoms with E-state index >= 15 is 0 Å². The molecular weight excluding hydrogens is 144 g/mol. The van der Waals surface area contributed by atoms with E-state index < -0.39 is 0 Å². The lowest BCUT2D eigenvalue weighted by atomic mass is 10.5. The van der Waals surface area contributed by atoms with Gasteiger partial charge in [0.2, 0.25) is 5.88 Å². The maximum atomic E-state index is 4.89. The maximum absolute atomic E-state index is 4.89. The second-order valence-electron chi connectivity index (χ2n) is 1.95. The number of aromatic nitrogens is 2. The molecule has 0 aromatic carbocycles.